The van der Waals surface area contributed by atoms with E-state index < -0.39 is 48.4 Å². The molecule has 0 aliphatic heterocycles. The number of hydrogen-bond acceptors (Lipinski definition) is 8. The molecular weight excluding hydrogens is 820 g/mol. The molecule has 0 heterocycles. The van der Waals surface area contributed by atoms with E-state index in [1.165, 1.54) is 6.08 Å². The molecule has 0 aliphatic carbocycles. The molecule has 14 heteroatoms. The van der Waals surface area contributed by atoms with Crippen molar-refractivity contribution in [1.82, 2.24) is 16.0 Å². The number of aliphatic imine (C=N–C) groups is 1. The van der Waals surface area contributed by atoms with Crippen LogP contribution in [0.2, 0.25) is 0 Å². The van der Waals surface area contributed by atoms with Crippen molar-refractivity contribution in [1.29, 1.82) is 0 Å². The summed E-state index contributed by atoms with van der Waals surface area (Å²) >= 11 is 0. The fourth-order valence-electron chi connectivity index (χ4n) is 6.99. The van der Waals surface area contributed by atoms with Gasteiger partial charge in [-0.1, -0.05) is 129 Å². The number of halogens is 1. The highest BCUT2D eigenvalue weighted by Gasteiger charge is 2.30. The summed E-state index contributed by atoms with van der Waals surface area (Å²) in [6.45, 7) is 9.60. The number of hydrogen-bond donors (Lipinski definition) is 5. The number of unbranched alkanes of at least 4 members (excludes halogenated alkanes) is 1. The second-order valence-corrected chi connectivity index (χ2v) is 14.7. The number of nitrogens with two attached hydrogens (primary N) is 2. The minimum atomic E-state index is -1.11. The van der Waals surface area contributed by atoms with E-state index in [9.17, 15) is 19.2 Å². The Kier molecular flexibility index (Phi) is 19.5. The van der Waals surface area contributed by atoms with Crippen molar-refractivity contribution in [3.8, 4) is 22.6 Å². The Bertz CT molecular complexity index is 2370. The number of carbonyl (C=O) groups excluding carboxylic acids is 4. The molecule has 7 N–H and O–H groups in total. The van der Waals surface area contributed by atoms with E-state index in [2.05, 4.69) is 34.1 Å². The van der Waals surface area contributed by atoms with Crippen molar-refractivity contribution in [3.63, 3.8) is 0 Å². The maximum Gasteiger partial charge on any atom is 0.329 e. The zero-order valence-electron chi connectivity index (χ0n) is 35.6. The van der Waals surface area contributed by atoms with Crippen LogP contribution in [0.3, 0.4) is 0 Å². The number of esters is 1. The van der Waals surface area contributed by atoms with Gasteiger partial charge in [0.2, 0.25) is 11.8 Å². The summed E-state index contributed by atoms with van der Waals surface area (Å²) in [6, 6.07) is 29.5. The molecule has 332 valence electrons. The van der Waals surface area contributed by atoms with Crippen LogP contribution in [0.5, 0.6) is 11.5 Å². The predicted molar refractivity (Wildman–Crippen MR) is 252 cm³/mol. The fraction of sp³-hybridized carbons (Fsp3) is 0.286. The summed E-state index contributed by atoms with van der Waals surface area (Å²) in [7, 11) is 0. The van der Waals surface area contributed by atoms with Gasteiger partial charge in [-0.25, -0.2) is 4.79 Å². The monoisotopic (exact) mass is 876 g/mol. The summed E-state index contributed by atoms with van der Waals surface area (Å²) in [6.07, 6.45) is 5.37. The molecule has 13 nitrogen and oxygen atoms in total. The molecule has 0 radical (unpaired) electrons. The van der Waals surface area contributed by atoms with Crippen LogP contribution in [0.15, 0.2) is 133 Å². The van der Waals surface area contributed by atoms with Gasteiger partial charge in [0.05, 0.1) is 0 Å². The quantitative estimate of drug-likeness (QED) is 0.0142. The van der Waals surface area contributed by atoms with Gasteiger partial charge in [-0.3, -0.25) is 19.4 Å². The molecule has 0 spiro atoms. The Morgan fingerprint density at radius 3 is 1.83 bits per heavy atom. The molecule has 0 unspecified atom stereocenters. The lowest BCUT2D eigenvalue weighted by molar-refractivity contribution is -0.149. The molecule has 0 saturated heterocycles. The maximum absolute atomic E-state index is 14.0. The topological polar surface area (TPSA) is 196 Å². The highest BCUT2D eigenvalue weighted by atomic mass is 35.5. The molecule has 0 saturated carbocycles. The van der Waals surface area contributed by atoms with Gasteiger partial charge >= 0.3 is 5.97 Å². The normalized spacial score (nSPS) is 12.1. The van der Waals surface area contributed by atoms with Gasteiger partial charge in [-0.15, -0.1) is 19.0 Å². The molecule has 0 bridgehead atoms. The summed E-state index contributed by atoms with van der Waals surface area (Å²) in [5.41, 5.74) is 13.4. The highest BCUT2D eigenvalue weighted by Crippen LogP contribution is 2.45. The lowest BCUT2D eigenvalue weighted by atomic mass is 9.92. The summed E-state index contributed by atoms with van der Waals surface area (Å²) in [4.78, 5) is 58.7. The highest BCUT2D eigenvalue weighted by molar-refractivity contribution is 6.10. The van der Waals surface area contributed by atoms with Gasteiger partial charge in [0, 0.05) is 17.7 Å². The van der Waals surface area contributed by atoms with Crippen LogP contribution in [0.1, 0.15) is 51.0 Å². The molecule has 5 aromatic rings. The van der Waals surface area contributed by atoms with Gasteiger partial charge in [0.25, 0.3) is 5.91 Å². The third-order valence-electron chi connectivity index (χ3n) is 10.1. The van der Waals surface area contributed by atoms with Crippen LogP contribution in [-0.2, 0) is 30.5 Å². The molecule has 5 rings (SSSR count). The number of guanidine groups is 1. The maximum atomic E-state index is 14.0. The fourth-order valence-corrected chi connectivity index (χ4v) is 6.99. The first-order valence-electron chi connectivity index (χ1n) is 20.8. The van der Waals surface area contributed by atoms with Crippen LogP contribution in [-0.4, -0.2) is 67.5 Å². The summed E-state index contributed by atoms with van der Waals surface area (Å²) < 4.78 is 18.0. The smallest absolute Gasteiger partial charge is 0.329 e. The summed E-state index contributed by atoms with van der Waals surface area (Å²) in [5, 5.41) is 12.2. The third-order valence-corrected chi connectivity index (χ3v) is 10.1. The Hall–Kier alpha value is -6.86. The number of nitrogens with zero attached hydrogens (tertiary/aromatic N) is 1. The van der Waals surface area contributed by atoms with Crippen molar-refractivity contribution in [3.05, 3.63) is 134 Å². The lowest BCUT2D eigenvalue weighted by Crippen LogP contribution is -2.56. The van der Waals surface area contributed by atoms with Crippen LogP contribution < -0.4 is 36.9 Å². The number of nitrogens with one attached hydrogen (secondary N) is 3. The molecular formula is C49H57ClN6O7. The molecule has 0 aromatic heterocycles. The van der Waals surface area contributed by atoms with E-state index in [-0.39, 0.29) is 51.0 Å². The average molecular weight is 877 g/mol. The third kappa shape index (κ3) is 14.1. The minimum absolute atomic E-state index is 0. The second-order valence-electron chi connectivity index (χ2n) is 14.7. The molecule has 0 aliphatic rings. The molecule has 5 aromatic carbocycles. The molecule has 3 amide bonds. The standard InChI is InChI=1S/C49H56N6O7.ClH/c1-4-7-23-38(46(57)54-39(24-15-29-52-49(50)51)47(58)55-40(16-5-2)48(59)62-31-33-17-9-8-10-18-33)53-43(56)32-61-42-28-26-35-20-12-14-22-37(35)45(42)44-36-21-13-11-19-34(36)25-27-41(44)60-30-6-3;/h5-6,8-14,17-22,25-28,38-40H,2-4,7,15-16,23-24,29-32H2,1H3,(H,53,56)(H,54,57)(H,55,58)(H4,50,51,52);1H/t38-,39-,40+;/m1./s1. The number of ether oxygens (including phenoxy) is 3. The van der Waals surface area contributed by atoms with Gasteiger partial charge in [0.1, 0.15) is 42.8 Å². The van der Waals surface area contributed by atoms with Gasteiger partial charge < -0.3 is 41.6 Å². The van der Waals surface area contributed by atoms with E-state index in [1.54, 1.807) is 6.08 Å². The van der Waals surface area contributed by atoms with Crippen LogP contribution in [0.25, 0.3) is 32.7 Å². The summed E-state index contributed by atoms with van der Waals surface area (Å²) in [5.74, 6) is -1.43. The van der Waals surface area contributed by atoms with Crippen LogP contribution in [0.4, 0.5) is 0 Å². The first kappa shape index (κ1) is 48.8. The molecule has 63 heavy (non-hydrogen) atoms. The Morgan fingerprint density at radius 1 is 0.683 bits per heavy atom. The van der Waals surface area contributed by atoms with Crippen molar-refractivity contribution in [2.75, 3.05) is 19.8 Å². The van der Waals surface area contributed by atoms with E-state index in [0.717, 1.165) is 44.7 Å². The van der Waals surface area contributed by atoms with Gasteiger partial charge in [0.15, 0.2) is 12.6 Å². The number of carbonyl (C=O) groups is 4. The van der Waals surface area contributed by atoms with Crippen molar-refractivity contribution >= 4 is 63.6 Å². The SMILES string of the molecule is C=CCOc1ccc2ccccc2c1-c1c(OCC(=O)N[C@H](CCCC)C(=O)N[C@H](CCCN=C(N)N)C(=O)N[C@@H](CC=C)C(=O)OCc2ccccc2)ccc2ccccc12.Cl. The van der Waals surface area contributed by atoms with Crippen molar-refractivity contribution < 1.29 is 33.4 Å². The van der Waals surface area contributed by atoms with E-state index in [1.807, 2.05) is 110 Å². The Morgan fingerprint density at radius 2 is 1.24 bits per heavy atom. The predicted octanol–water partition coefficient (Wildman–Crippen LogP) is 7.04. The van der Waals surface area contributed by atoms with Crippen LogP contribution >= 0.6 is 12.4 Å². The zero-order valence-corrected chi connectivity index (χ0v) is 36.4. The number of rotatable bonds is 24. The number of fused-ring (bicyclic) bond motifs is 2. The van der Waals surface area contributed by atoms with E-state index in [4.69, 9.17) is 25.7 Å². The molecule has 0 fully saturated rings. The first-order chi connectivity index (χ1) is 30.1. The second kappa shape index (κ2) is 25.2. The Labute approximate surface area is 374 Å². The molecule has 3 atom stereocenters. The van der Waals surface area contributed by atoms with E-state index >= 15 is 0 Å². The van der Waals surface area contributed by atoms with Crippen LogP contribution in [0, 0.1) is 0 Å². The van der Waals surface area contributed by atoms with Crippen molar-refractivity contribution in [2.24, 2.45) is 16.5 Å². The average Bonchev–Trinajstić information content (AvgIpc) is 3.28. The lowest BCUT2D eigenvalue weighted by Gasteiger charge is -2.25. The van der Waals surface area contributed by atoms with Gasteiger partial charge in [-0.2, -0.15) is 0 Å². The zero-order chi connectivity index (χ0) is 44.3. The van der Waals surface area contributed by atoms with Gasteiger partial charge in [-0.05, 0) is 64.9 Å². The minimum Gasteiger partial charge on any atom is -0.489 e. The largest absolute Gasteiger partial charge is 0.489 e. The Balaban J connectivity index is 0.00000871. The first-order valence-corrected chi connectivity index (χ1v) is 20.8. The van der Waals surface area contributed by atoms with E-state index in [0.29, 0.717) is 30.8 Å². The van der Waals surface area contributed by atoms with Crippen molar-refractivity contribution in [2.45, 2.75) is 70.2 Å². The number of benzene rings is 5. The number of amides is 3.